The monoisotopic (exact) mass is 497 g/mol. The van der Waals surface area contributed by atoms with E-state index in [0.29, 0.717) is 60.8 Å². The lowest BCUT2D eigenvalue weighted by atomic mass is 9.84. The first kappa shape index (κ1) is 23.5. The highest BCUT2D eigenvalue weighted by Crippen LogP contribution is 2.31. The molecule has 3 aromatic rings. The number of aromatic nitrogens is 4. The summed E-state index contributed by atoms with van der Waals surface area (Å²) < 4.78 is 35.1. The molecule has 1 aliphatic carbocycles. The molecule has 2 aliphatic heterocycles. The lowest BCUT2D eigenvalue weighted by Gasteiger charge is -2.42. The molecule has 0 bridgehead atoms. The maximum Gasteiger partial charge on any atom is 0.296 e. The Morgan fingerprint density at radius 1 is 0.944 bits per heavy atom. The topological polar surface area (TPSA) is 71.3 Å². The Balaban J connectivity index is 1.28. The van der Waals surface area contributed by atoms with Gasteiger partial charge < -0.3 is 19.9 Å². The summed E-state index contributed by atoms with van der Waals surface area (Å²) in [6.45, 7) is 5.90. The number of nitrogens with zero attached hydrogens (tertiary/aromatic N) is 6. The molecule has 0 radical (unpaired) electrons. The Morgan fingerprint density at radius 2 is 1.69 bits per heavy atom. The van der Waals surface area contributed by atoms with E-state index in [1.54, 1.807) is 24.3 Å². The summed E-state index contributed by atoms with van der Waals surface area (Å²) in [7, 11) is 0. The fraction of sp³-hybridized carbons (Fsp3) is 0.577. The highest BCUT2D eigenvalue weighted by atomic mass is 19.3. The summed E-state index contributed by atoms with van der Waals surface area (Å²) in [6, 6.07) is 9.71. The first-order valence-electron chi connectivity index (χ1n) is 13.1. The maximum absolute atomic E-state index is 14.0. The number of ether oxygens (including phenoxy) is 1. The van der Waals surface area contributed by atoms with Gasteiger partial charge in [0.1, 0.15) is 11.6 Å². The minimum Gasteiger partial charge on any atom is -0.378 e. The number of halogens is 2. The summed E-state index contributed by atoms with van der Waals surface area (Å²) in [5.74, 6) is 1.84. The van der Waals surface area contributed by atoms with Crippen LogP contribution in [0, 0.1) is 5.92 Å². The number of imidazole rings is 1. The van der Waals surface area contributed by atoms with Gasteiger partial charge in [-0.05, 0) is 63.2 Å². The molecule has 0 atom stereocenters. The van der Waals surface area contributed by atoms with Gasteiger partial charge in [-0.1, -0.05) is 12.1 Å². The number of nitrogens with one attached hydrogen (secondary N) is 1. The molecular formula is C26H33F2N7O. The van der Waals surface area contributed by atoms with Crippen molar-refractivity contribution in [3.63, 3.8) is 0 Å². The summed E-state index contributed by atoms with van der Waals surface area (Å²) in [6.07, 6.45) is 3.46. The van der Waals surface area contributed by atoms with E-state index in [-0.39, 0.29) is 5.82 Å². The number of para-hydroxylation sites is 2. The van der Waals surface area contributed by atoms with E-state index in [1.165, 1.54) is 49.8 Å². The molecule has 3 fully saturated rings. The smallest absolute Gasteiger partial charge is 0.296 e. The van der Waals surface area contributed by atoms with Gasteiger partial charge in [-0.3, -0.25) is 4.57 Å². The van der Waals surface area contributed by atoms with E-state index >= 15 is 0 Å². The Morgan fingerprint density at radius 3 is 2.42 bits per heavy atom. The van der Waals surface area contributed by atoms with Crippen molar-refractivity contribution in [3.05, 3.63) is 36.2 Å². The van der Waals surface area contributed by atoms with Gasteiger partial charge in [-0.2, -0.15) is 9.97 Å². The molecule has 2 saturated heterocycles. The van der Waals surface area contributed by atoms with Crippen LogP contribution in [0.25, 0.3) is 16.9 Å². The highest BCUT2D eigenvalue weighted by Gasteiger charge is 2.29. The quantitative estimate of drug-likeness (QED) is 0.523. The van der Waals surface area contributed by atoms with Crippen LogP contribution in [0.2, 0.25) is 0 Å². The van der Waals surface area contributed by atoms with Gasteiger partial charge in [0.2, 0.25) is 5.95 Å². The SMILES string of the molecule is FC(F)c1nc2ccccc2n1-c1cc(N2CCOCC2)nc(NCC2CCC(N3CCC3)CC2)n1. The van der Waals surface area contributed by atoms with Gasteiger partial charge in [0, 0.05) is 31.7 Å². The number of fused-ring (bicyclic) bond motifs is 1. The van der Waals surface area contributed by atoms with E-state index in [0.717, 1.165) is 12.6 Å². The molecule has 6 rings (SSSR count). The zero-order valence-corrected chi connectivity index (χ0v) is 20.5. The number of benzene rings is 1. The molecule has 4 heterocycles. The molecule has 1 aromatic carbocycles. The minimum atomic E-state index is -2.72. The van der Waals surface area contributed by atoms with Crippen LogP contribution in [0.15, 0.2) is 30.3 Å². The van der Waals surface area contributed by atoms with E-state index in [1.807, 2.05) is 6.07 Å². The van der Waals surface area contributed by atoms with Crippen LogP contribution in [0.1, 0.15) is 44.4 Å². The lowest BCUT2D eigenvalue weighted by molar-refractivity contribution is 0.0805. The van der Waals surface area contributed by atoms with Gasteiger partial charge in [0.25, 0.3) is 6.43 Å². The van der Waals surface area contributed by atoms with Crippen LogP contribution in [0.4, 0.5) is 20.5 Å². The van der Waals surface area contributed by atoms with E-state index in [4.69, 9.17) is 14.7 Å². The van der Waals surface area contributed by atoms with Crippen molar-refractivity contribution in [3.8, 4) is 5.82 Å². The van der Waals surface area contributed by atoms with Gasteiger partial charge in [-0.15, -0.1) is 0 Å². The normalized spacial score (nSPS) is 23.2. The van der Waals surface area contributed by atoms with Gasteiger partial charge in [0.15, 0.2) is 5.82 Å². The largest absolute Gasteiger partial charge is 0.378 e. The molecule has 192 valence electrons. The van der Waals surface area contributed by atoms with Crippen LogP contribution in [-0.4, -0.2) is 76.4 Å². The first-order chi connectivity index (χ1) is 17.7. The van der Waals surface area contributed by atoms with Crippen LogP contribution < -0.4 is 10.2 Å². The van der Waals surface area contributed by atoms with E-state index in [2.05, 4.69) is 20.1 Å². The average molecular weight is 498 g/mol. The maximum atomic E-state index is 14.0. The Kier molecular flexibility index (Phi) is 6.71. The van der Waals surface area contributed by atoms with Gasteiger partial charge in [0.05, 0.1) is 24.2 Å². The Hall–Kier alpha value is -2.85. The Bertz CT molecular complexity index is 1180. The van der Waals surface area contributed by atoms with Gasteiger partial charge in [-0.25, -0.2) is 13.8 Å². The summed E-state index contributed by atoms with van der Waals surface area (Å²) in [4.78, 5) is 18.4. The van der Waals surface area contributed by atoms with Crippen molar-refractivity contribution in [2.24, 2.45) is 5.92 Å². The predicted octanol–water partition coefficient (Wildman–Crippen LogP) is 4.27. The predicted molar refractivity (Wildman–Crippen MR) is 135 cm³/mol. The number of hydrogen-bond acceptors (Lipinski definition) is 7. The van der Waals surface area contributed by atoms with Crippen molar-refractivity contribution < 1.29 is 13.5 Å². The van der Waals surface area contributed by atoms with Crippen molar-refractivity contribution in [2.45, 2.75) is 44.6 Å². The summed E-state index contributed by atoms with van der Waals surface area (Å²) in [5.41, 5.74) is 1.13. The number of likely N-dealkylation sites (tertiary alicyclic amines) is 1. The second kappa shape index (κ2) is 10.3. The standard InChI is InChI=1S/C26H33F2N7O/c27-24(28)25-30-20-4-1-2-5-21(20)35(25)23-16-22(34-12-14-36-15-13-34)31-26(32-23)29-17-18-6-8-19(9-7-18)33-10-3-11-33/h1-2,4-5,16,18-19,24H,3,6-15,17H2,(H,29,31,32). The van der Waals surface area contributed by atoms with Gasteiger partial charge >= 0.3 is 0 Å². The number of morpholine rings is 1. The third-order valence-electron chi connectivity index (χ3n) is 7.82. The molecule has 3 aliphatic rings. The number of rotatable bonds is 7. The third kappa shape index (κ3) is 4.76. The van der Waals surface area contributed by atoms with Crippen LogP contribution >= 0.6 is 0 Å². The van der Waals surface area contributed by atoms with Crippen LogP contribution in [0.3, 0.4) is 0 Å². The van der Waals surface area contributed by atoms with E-state index in [9.17, 15) is 8.78 Å². The molecule has 36 heavy (non-hydrogen) atoms. The third-order valence-corrected chi connectivity index (χ3v) is 7.82. The Labute approximate surface area is 209 Å². The zero-order valence-electron chi connectivity index (χ0n) is 20.5. The number of alkyl halides is 2. The average Bonchev–Trinajstić information content (AvgIpc) is 3.28. The summed E-state index contributed by atoms with van der Waals surface area (Å²) >= 11 is 0. The van der Waals surface area contributed by atoms with Crippen molar-refractivity contribution >= 4 is 22.8 Å². The molecule has 10 heteroatoms. The zero-order chi connectivity index (χ0) is 24.5. The lowest BCUT2D eigenvalue weighted by Crippen LogP contribution is -2.46. The fourth-order valence-electron chi connectivity index (χ4n) is 5.66. The van der Waals surface area contributed by atoms with Crippen LogP contribution in [-0.2, 0) is 4.74 Å². The number of anilines is 2. The number of hydrogen-bond donors (Lipinski definition) is 1. The highest BCUT2D eigenvalue weighted by molar-refractivity contribution is 5.78. The van der Waals surface area contributed by atoms with Crippen LogP contribution in [0.5, 0.6) is 0 Å². The molecule has 0 unspecified atom stereocenters. The van der Waals surface area contributed by atoms with Crippen molar-refractivity contribution in [1.29, 1.82) is 0 Å². The molecular weight excluding hydrogens is 464 g/mol. The first-order valence-corrected chi connectivity index (χ1v) is 13.1. The molecule has 1 N–H and O–H groups in total. The minimum absolute atomic E-state index is 0.307. The molecule has 2 aromatic heterocycles. The molecule has 0 spiro atoms. The second-order valence-corrected chi connectivity index (χ2v) is 10.0. The molecule has 1 saturated carbocycles. The van der Waals surface area contributed by atoms with Crippen molar-refractivity contribution in [1.82, 2.24) is 24.4 Å². The molecule has 8 nitrogen and oxygen atoms in total. The van der Waals surface area contributed by atoms with Crippen molar-refractivity contribution in [2.75, 3.05) is 56.2 Å². The fourth-order valence-corrected chi connectivity index (χ4v) is 5.66. The van der Waals surface area contributed by atoms with E-state index < -0.39 is 6.43 Å². The second-order valence-electron chi connectivity index (χ2n) is 10.0. The molecule has 0 amide bonds. The summed E-state index contributed by atoms with van der Waals surface area (Å²) in [5, 5.41) is 3.45.